The van der Waals surface area contributed by atoms with Crippen molar-refractivity contribution in [1.82, 2.24) is 4.98 Å². The number of hydrogen-bond donors (Lipinski definition) is 3. The van der Waals surface area contributed by atoms with Gasteiger partial charge in [0.2, 0.25) is 11.5 Å². The fraction of sp³-hybridized carbons (Fsp3) is 0.136. The van der Waals surface area contributed by atoms with Crippen molar-refractivity contribution in [3.05, 3.63) is 71.6 Å². The van der Waals surface area contributed by atoms with Gasteiger partial charge in [-0.2, -0.15) is 0 Å². The second kappa shape index (κ2) is 9.01. The first-order valence-corrected chi connectivity index (χ1v) is 9.54. The Morgan fingerprint density at radius 1 is 1.03 bits per heavy atom. The first-order valence-electron chi connectivity index (χ1n) is 9.16. The molecule has 0 atom stereocenters. The first kappa shape index (κ1) is 22.0. The molecule has 1 aromatic heterocycles. The SMILES string of the molecule is CC(C)(Oc1ccc(-c2ccc(NC(=O)Nc3ccc(F)cc3Cl)cc2)cn1)C(=O)O. The maximum absolute atomic E-state index is 13.1. The number of amides is 2. The summed E-state index contributed by atoms with van der Waals surface area (Å²) in [6, 6.07) is 13.5. The second-order valence-electron chi connectivity index (χ2n) is 7.08. The lowest BCUT2D eigenvalue weighted by Gasteiger charge is -2.20. The molecule has 0 unspecified atom stereocenters. The molecule has 0 radical (unpaired) electrons. The van der Waals surface area contributed by atoms with E-state index in [4.69, 9.17) is 21.4 Å². The van der Waals surface area contributed by atoms with Crippen molar-refractivity contribution in [1.29, 1.82) is 0 Å². The van der Waals surface area contributed by atoms with Gasteiger partial charge in [-0.15, -0.1) is 0 Å². The number of anilines is 2. The van der Waals surface area contributed by atoms with Crippen LogP contribution in [0.4, 0.5) is 20.6 Å². The molecule has 2 aromatic carbocycles. The van der Waals surface area contributed by atoms with Crippen molar-refractivity contribution >= 4 is 35.0 Å². The molecular formula is C22H19ClFN3O4. The minimum Gasteiger partial charge on any atom is -0.478 e. The van der Waals surface area contributed by atoms with Crippen LogP contribution in [0.1, 0.15) is 13.8 Å². The molecule has 3 N–H and O–H groups in total. The number of carboxylic acid groups (broad SMARTS) is 1. The number of aromatic nitrogens is 1. The molecule has 7 nitrogen and oxygen atoms in total. The van der Waals surface area contributed by atoms with Gasteiger partial charge in [0.05, 0.1) is 10.7 Å². The minimum absolute atomic E-state index is 0.0946. The van der Waals surface area contributed by atoms with Crippen molar-refractivity contribution in [2.75, 3.05) is 10.6 Å². The quantitative estimate of drug-likeness (QED) is 0.471. The monoisotopic (exact) mass is 443 g/mol. The zero-order chi connectivity index (χ0) is 22.6. The molecule has 3 aromatic rings. The minimum atomic E-state index is -1.39. The Kier molecular flexibility index (Phi) is 6.41. The number of aliphatic carboxylic acids is 1. The highest BCUT2D eigenvalue weighted by atomic mass is 35.5. The summed E-state index contributed by atoms with van der Waals surface area (Å²) in [5.74, 6) is -1.39. The molecule has 0 aliphatic rings. The van der Waals surface area contributed by atoms with Gasteiger partial charge in [0, 0.05) is 23.5 Å². The number of benzene rings is 2. The molecule has 31 heavy (non-hydrogen) atoms. The van der Waals surface area contributed by atoms with Crippen LogP contribution < -0.4 is 15.4 Å². The van der Waals surface area contributed by atoms with E-state index in [-0.39, 0.29) is 16.6 Å². The lowest BCUT2D eigenvalue weighted by Crippen LogP contribution is -2.38. The molecule has 0 spiro atoms. The Bertz CT molecular complexity index is 1100. The summed E-state index contributed by atoms with van der Waals surface area (Å²) >= 11 is 5.90. The number of urea groups is 1. The molecule has 0 saturated heterocycles. The summed E-state index contributed by atoms with van der Waals surface area (Å²) in [5, 5.41) is 14.4. The van der Waals surface area contributed by atoms with E-state index in [1.807, 2.05) is 0 Å². The predicted molar refractivity (Wildman–Crippen MR) is 116 cm³/mol. The van der Waals surface area contributed by atoms with E-state index in [0.717, 1.165) is 17.2 Å². The van der Waals surface area contributed by atoms with Gasteiger partial charge >= 0.3 is 12.0 Å². The number of halogens is 2. The fourth-order valence-electron chi connectivity index (χ4n) is 2.54. The van der Waals surface area contributed by atoms with Crippen LogP contribution in [-0.2, 0) is 4.79 Å². The average Bonchev–Trinajstić information content (AvgIpc) is 2.71. The van der Waals surface area contributed by atoms with Gasteiger partial charge < -0.3 is 20.5 Å². The summed E-state index contributed by atoms with van der Waals surface area (Å²) in [6.45, 7) is 2.88. The molecular weight excluding hydrogens is 425 g/mol. The van der Waals surface area contributed by atoms with Gasteiger partial charge in [-0.25, -0.2) is 19.0 Å². The molecule has 0 fully saturated rings. The smallest absolute Gasteiger partial charge is 0.347 e. The van der Waals surface area contributed by atoms with Gasteiger partial charge in [0.1, 0.15) is 5.82 Å². The largest absolute Gasteiger partial charge is 0.478 e. The third-order valence-electron chi connectivity index (χ3n) is 4.27. The van der Waals surface area contributed by atoms with E-state index in [0.29, 0.717) is 5.69 Å². The van der Waals surface area contributed by atoms with E-state index in [2.05, 4.69) is 15.6 Å². The molecule has 160 valence electrons. The molecule has 1 heterocycles. The van der Waals surface area contributed by atoms with E-state index >= 15 is 0 Å². The zero-order valence-corrected chi connectivity index (χ0v) is 17.4. The number of hydrogen-bond acceptors (Lipinski definition) is 4. The lowest BCUT2D eigenvalue weighted by molar-refractivity contribution is -0.152. The van der Waals surface area contributed by atoms with Crippen LogP contribution >= 0.6 is 11.6 Å². The van der Waals surface area contributed by atoms with Crippen molar-refractivity contribution < 1.29 is 23.8 Å². The highest BCUT2D eigenvalue weighted by molar-refractivity contribution is 6.33. The van der Waals surface area contributed by atoms with Crippen molar-refractivity contribution in [3.63, 3.8) is 0 Å². The molecule has 0 bridgehead atoms. The topological polar surface area (TPSA) is 101 Å². The standard InChI is InChI=1S/C22H19ClFN3O4/c1-22(2,20(28)29)31-19-10-5-14(12-25-19)13-3-7-16(8-4-13)26-21(30)27-18-9-6-15(24)11-17(18)23/h3-12H,1-2H3,(H,28,29)(H2,26,27,30). The molecule has 2 amide bonds. The Labute approximate surface area is 182 Å². The van der Waals surface area contributed by atoms with Crippen LogP contribution in [0.3, 0.4) is 0 Å². The number of rotatable bonds is 6. The van der Waals surface area contributed by atoms with Gasteiger partial charge in [-0.05, 0) is 55.8 Å². The number of nitrogens with one attached hydrogen (secondary N) is 2. The summed E-state index contributed by atoms with van der Waals surface area (Å²) in [6.07, 6.45) is 1.57. The second-order valence-corrected chi connectivity index (χ2v) is 7.49. The number of pyridine rings is 1. The van der Waals surface area contributed by atoms with Gasteiger partial charge in [0.25, 0.3) is 0 Å². The van der Waals surface area contributed by atoms with Crippen LogP contribution in [0.2, 0.25) is 5.02 Å². The fourth-order valence-corrected chi connectivity index (χ4v) is 2.75. The van der Waals surface area contributed by atoms with Gasteiger partial charge in [-0.3, -0.25) is 0 Å². The maximum atomic E-state index is 13.1. The number of carbonyl (C=O) groups excluding carboxylic acids is 1. The normalized spacial score (nSPS) is 11.0. The van der Waals surface area contributed by atoms with Crippen molar-refractivity contribution in [3.8, 4) is 17.0 Å². The molecule has 0 aliphatic heterocycles. The van der Waals surface area contributed by atoms with Crippen LogP contribution in [0.15, 0.2) is 60.8 Å². The van der Waals surface area contributed by atoms with Gasteiger partial charge in [0.15, 0.2) is 0 Å². The zero-order valence-electron chi connectivity index (χ0n) is 16.6. The first-order chi connectivity index (χ1) is 14.6. The summed E-state index contributed by atoms with van der Waals surface area (Å²) in [4.78, 5) is 27.4. The number of ether oxygens (including phenoxy) is 1. The van der Waals surface area contributed by atoms with Crippen LogP contribution in [0, 0.1) is 5.82 Å². The molecule has 0 saturated carbocycles. The van der Waals surface area contributed by atoms with Gasteiger partial charge in [-0.1, -0.05) is 23.7 Å². The Hall–Kier alpha value is -3.65. The van der Waals surface area contributed by atoms with E-state index < -0.39 is 23.4 Å². The summed E-state index contributed by atoms with van der Waals surface area (Å²) in [5.41, 5.74) is 1.06. The maximum Gasteiger partial charge on any atom is 0.347 e. The number of carbonyl (C=O) groups is 2. The summed E-state index contributed by atoms with van der Waals surface area (Å²) in [7, 11) is 0. The Morgan fingerprint density at radius 3 is 2.29 bits per heavy atom. The van der Waals surface area contributed by atoms with E-state index in [1.165, 1.54) is 26.0 Å². The van der Waals surface area contributed by atoms with Crippen molar-refractivity contribution in [2.45, 2.75) is 19.4 Å². The lowest BCUT2D eigenvalue weighted by atomic mass is 10.1. The third kappa shape index (κ3) is 5.70. The van der Waals surface area contributed by atoms with E-state index in [1.54, 1.807) is 42.6 Å². The Morgan fingerprint density at radius 2 is 1.71 bits per heavy atom. The van der Waals surface area contributed by atoms with Crippen LogP contribution in [-0.4, -0.2) is 27.7 Å². The third-order valence-corrected chi connectivity index (χ3v) is 4.58. The predicted octanol–water partition coefficient (Wildman–Crippen LogP) is 5.43. The highest BCUT2D eigenvalue weighted by Crippen LogP contribution is 2.25. The van der Waals surface area contributed by atoms with Crippen molar-refractivity contribution in [2.24, 2.45) is 0 Å². The molecule has 9 heteroatoms. The molecule has 3 rings (SSSR count). The van der Waals surface area contributed by atoms with E-state index in [9.17, 15) is 14.0 Å². The van der Waals surface area contributed by atoms with Crippen LogP contribution in [0.25, 0.3) is 11.1 Å². The average molecular weight is 444 g/mol. The highest BCUT2D eigenvalue weighted by Gasteiger charge is 2.29. The number of carboxylic acids is 1. The Balaban J connectivity index is 1.63. The van der Waals surface area contributed by atoms with Crippen LogP contribution in [0.5, 0.6) is 5.88 Å². The summed E-state index contributed by atoms with van der Waals surface area (Å²) < 4.78 is 18.5. The number of nitrogens with zero attached hydrogens (tertiary/aromatic N) is 1. The molecule has 0 aliphatic carbocycles.